The monoisotopic (exact) mass is 242 g/mol. The molecule has 0 radical (unpaired) electrons. The number of piperidine rings is 1. The average molecular weight is 242 g/mol. The molecule has 0 aromatic rings. The van der Waals surface area contributed by atoms with Gasteiger partial charge in [0.25, 0.3) is 0 Å². The molecule has 4 heteroatoms. The molecule has 1 rings (SSSR count). The molecule has 1 N–H and O–H groups in total. The number of urea groups is 1. The highest BCUT2D eigenvalue weighted by molar-refractivity contribution is 5.74. The Morgan fingerprint density at radius 3 is 3.00 bits per heavy atom. The van der Waals surface area contributed by atoms with E-state index >= 15 is 0 Å². The first-order valence-corrected chi connectivity index (χ1v) is 6.84. The van der Waals surface area contributed by atoms with Crippen LogP contribution < -0.4 is 5.32 Å². The second-order valence-electron chi connectivity index (χ2n) is 4.89. The molecule has 0 aromatic carbocycles. The summed E-state index contributed by atoms with van der Waals surface area (Å²) in [5.74, 6) is 0.641. The topological polar surface area (TPSA) is 41.6 Å². The van der Waals surface area contributed by atoms with E-state index in [4.69, 9.17) is 4.74 Å². The molecule has 1 aliphatic rings. The molecule has 1 unspecified atom stereocenters. The van der Waals surface area contributed by atoms with E-state index in [2.05, 4.69) is 19.2 Å². The van der Waals surface area contributed by atoms with Gasteiger partial charge in [0, 0.05) is 32.8 Å². The van der Waals surface area contributed by atoms with E-state index in [0.29, 0.717) is 12.5 Å². The molecule has 1 heterocycles. The van der Waals surface area contributed by atoms with Crippen molar-refractivity contribution in [2.24, 2.45) is 5.92 Å². The minimum Gasteiger partial charge on any atom is -0.381 e. The van der Waals surface area contributed by atoms with Gasteiger partial charge in [-0.15, -0.1) is 0 Å². The van der Waals surface area contributed by atoms with Gasteiger partial charge in [0.2, 0.25) is 0 Å². The van der Waals surface area contributed by atoms with Gasteiger partial charge in [0.05, 0.1) is 0 Å². The molecule has 0 aromatic heterocycles. The van der Waals surface area contributed by atoms with Gasteiger partial charge in [0.1, 0.15) is 0 Å². The number of hydrogen-bond acceptors (Lipinski definition) is 2. The fraction of sp³-hybridized carbons (Fsp3) is 0.923. The Balaban J connectivity index is 2.04. The van der Waals surface area contributed by atoms with E-state index in [9.17, 15) is 4.79 Å². The van der Waals surface area contributed by atoms with Crippen LogP contribution in [0.25, 0.3) is 0 Å². The number of rotatable bonds is 6. The first-order chi connectivity index (χ1) is 8.24. The Kier molecular flexibility index (Phi) is 7.01. The van der Waals surface area contributed by atoms with Gasteiger partial charge in [-0.2, -0.15) is 0 Å². The predicted octanol–water partition coefficient (Wildman–Crippen LogP) is 2.24. The molecule has 1 atom stereocenters. The average Bonchev–Trinajstić information content (AvgIpc) is 2.33. The summed E-state index contributed by atoms with van der Waals surface area (Å²) in [6.07, 6.45) is 4.33. The molecule has 0 aliphatic carbocycles. The molecule has 1 fully saturated rings. The summed E-state index contributed by atoms with van der Waals surface area (Å²) < 4.78 is 5.36. The summed E-state index contributed by atoms with van der Waals surface area (Å²) in [4.78, 5) is 13.7. The second kappa shape index (κ2) is 8.34. The van der Waals surface area contributed by atoms with Crippen molar-refractivity contribution in [2.45, 2.75) is 39.5 Å². The van der Waals surface area contributed by atoms with Crippen molar-refractivity contribution in [3.8, 4) is 0 Å². The van der Waals surface area contributed by atoms with Crippen LogP contribution in [0.15, 0.2) is 0 Å². The lowest BCUT2D eigenvalue weighted by Gasteiger charge is -2.30. The Morgan fingerprint density at radius 2 is 2.29 bits per heavy atom. The zero-order valence-electron chi connectivity index (χ0n) is 11.2. The number of carbonyl (C=O) groups excluding carboxylic acids is 1. The largest absolute Gasteiger partial charge is 0.381 e. The fourth-order valence-electron chi connectivity index (χ4n) is 2.10. The molecule has 0 bridgehead atoms. The highest BCUT2D eigenvalue weighted by atomic mass is 16.5. The van der Waals surface area contributed by atoms with E-state index in [1.807, 2.05) is 4.90 Å². The van der Waals surface area contributed by atoms with Crippen molar-refractivity contribution in [1.29, 1.82) is 0 Å². The van der Waals surface area contributed by atoms with Gasteiger partial charge in [-0.3, -0.25) is 0 Å². The smallest absolute Gasteiger partial charge is 0.317 e. The zero-order valence-corrected chi connectivity index (χ0v) is 11.2. The van der Waals surface area contributed by atoms with Crippen LogP contribution in [0.5, 0.6) is 0 Å². The van der Waals surface area contributed by atoms with Gasteiger partial charge in [0.15, 0.2) is 0 Å². The standard InChI is InChI=1S/C13H26N2O2/c1-3-9-17-10-5-7-14-13(16)15-8-4-6-12(2)11-15/h12H,3-11H2,1-2H3,(H,14,16). The van der Waals surface area contributed by atoms with Crippen molar-refractivity contribution >= 4 is 6.03 Å². The van der Waals surface area contributed by atoms with Crippen molar-refractivity contribution in [2.75, 3.05) is 32.8 Å². The summed E-state index contributed by atoms with van der Waals surface area (Å²) in [5.41, 5.74) is 0. The number of likely N-dealkylation sites (tertiary alicyclic amines) is 1. The number of nitrogens with one attached hydrogen (secondary N) is 1. The van der Waals surface area contributed by atoms with Crippen LogP contribution in [-0.2, 0) is 4.74 Å². The Labute approximate surface area is 105 Å². The maximum atomic E-state index is 11.8. The summed E-state index contributed by atoms with van der Waals surface area (Å²) in [6.45, 7) is 8.38. The van der Waals surface area contributed by atoms with Crippen LogP contribution in [0.2, 0.25) is 0 Å². The molecular weight excluding hydrogens is 216 g/mol. The number of hydrogen-bond donors (Lipinski definition) is 1. The summed E-state index contributed by atoms with van der Waals surface area (Å²) in [6, 6.07) is 0.0899. The second-order valence-corrected chi connectivity index (χ2v) is 4.89. The highest BCUT2D eigenvalue weighted by Crippen LogP contribution is 2.15. The molecule has 0 spiro atoms. The third-order valence-electron chi connectivity index (χ3n) is 3.03. The lowest BCUT2D eigenvalue weighted by molar-refractivity contribution is 0.131. The Morgan fingerprint density at radius 1 is 1.47 bits per heavy atom. The quantitative estimate of drug-likeness (QED) is 0.726. The van der Waals surface area contributed by atoms with Gasteiger partial charge >= 0.3 is 6.03 Å². The first-order valence-electron chi connectivity index (χ1n) is 6.84. The SMILES string of the molecule is CCCOCCCNC(=O)N1CCCC(C)C1. The maximum absolute atomic E-state index is 11.8. The Hall–Kier alpha value is -0.770. The minimum absolute atomic E-state index is 0.0899. The first kappa shape index (κ1) is 14.3. The fourth-order valence-corrected chi connectivity index (χ4v) is 2.10. The van der Waals surface area contributed by atoms with Crippen LogP contribution in [0, 0.1) is 5.92 Å². The molecule has 0 saturated carbocycles. The molecule has 1 aliphatic heterocycles. The highest BCUT2D eigenvalue weighted by Gasteiger charge is 2.20. The third-order valence-corrected chi connectivity index (χ3v) is 3.03. The molecule has 100 valence electrons. The third kappa shape index (κ3) is 5.91. The van der Waals surface area contributed by atoms with Gasteiger partial charge in [-0.1, -0.05) is 13.8 Å². The molecule has 2 amide bonds. The Bertz CT molecular complexity index is 221. The van der Waals surface area contributed by atoms with E-state index in [-0.39, 0.29) is 6.03 Å². The van der Waals surface area contributed by atoms with Crippen LogP contribution >= 0.6 is 0 Å². The van der Waals surface area contributed by atoms with E-state index in [1.54, 1.807) is 0 Å². The van der Waals surface area contributed by atoms with E-state index in [1.165, 1.54) is 6.42 Å². The van der Waals surface area contributed by atoms with Crippen molar-refractivity contribution in [3.05, 3.63) is 0 Å². The number of ether oxygens (including phenoxy) is 1. The number of amides is 2. The normalized spacial score (nSPS) is 20.4. The lowest BCUT2D eigenvalue weighted by Crippen LogP contribution is -2.45. The van der Waals surface area contributed by atoms with E-state index < -0.39 is 0 Å². The van der Waals surface area contributed by atoms with Crippen LogP contribution in [0.1, 0.15) is 39.5 Å². The summed E-state index contributed by atoms with van der Waals surface area (Å²) in [7, 11) is 0. The van der Waals surface area contributed by atoms with Crippen molar-refractivity contribution in [1.82, 2.24) is 10.2 Å². The van der Waals surface area contributed by atoms with Gasteiger partial charge < -0.3 is 15.0 Å². The molecule has 1 saturated heterocycles. The number of nitrogens with zero attached hydrogens (tertiary/aromatic N) is 1. The zero-order chi connectivity index (χ0) is 12.5. The van der Waals surface area contributed by atoms with Crippen molar-refractivity contribution in [3.63, 3.8) is 0 Å². The molecular formula is C13H26N2O2. The number of carbonyl (C=O) groups is 1. The van der Waals surface area contributed by atoms with Gasteiger partial charge in [-0.05, 0) is 31.6 Å². The minimum atomic E-state index is 0.0899. The van der Waals surface area contributed by atoms with Crippen LogP contribution in [0.4, 0.5) is 4.79 Å². The summed E-state index contributed by atoms with van der Waals surface area (Å²) >= 11 is 0. The molecule has 17 heavy (non-hydrogen) atoms. The van der Waals surface area contributed by atoms with Gasteiger partial charge in [-0.25, -0.2) is 4.79 Å². The van der Waals surface area contributed by atoms with Crippen LogP contribution in [0.3, 0.4) is 0 Å². The summed E-state index contributed by atoms with van der Waals surface area (Å²) in [5, 5.41) is 2.96. The lowest BCUT2D eigenvalue weighted by atomic mass is 10.0. The van der Waals surface area contributed by atoms with Crippen LogP contribution in [-0.4, -0.2) is 43.8 Å². The predicted molar refractivity (Wildman–Crippen MR) is 69.1 cm³/mol. The van der Waals surface area contributed by atoms with Crippen molar-refractivity contribution < 1.29 is 9.53 Å². The van der Waals surface area contributed by atoms with E-state index in [0.717, 1.165) is 45.6 Å². The maximum Gasteiger partial charge on any atom is 0.317 e. The molecule has 4 nitrogen and oxygen atoms in total.